The zero-order valence-electron chi connectivity index (χ0n) is 7.57. The Kier molecular flexibility index (Phi) is 4.23. The number of allylic oxidation sites excluding steroid dienone is 3. The monoisotopic (exact) mass is 180 g/mol. The van der Waals surface area contributed by atoms with Crippen molar-refractivity contribution >= 4 is 11.8 Å². The van der Waals surface area contributed by atoms with Gasteiger partial charge in [0, 0.05) is 0 Å². The molecule has 66 valence electrons. The number of rotatable bonds is 4. The van der Waals surface area contributed by atoms with Gasteiger partial charge < -0.3 is 0 Å². The molecule has 0 fully saturated rings. The second kappa shape index (κ2) is 5.26. The van der Waals surface area contributed by atoms with E-state index in [0.717, 1.165) is 5.92 Å². The van der Waals surface area contributed by atoms with Gasteiger partial charge in [-0.25, -0.2) is 0 Å². The maximum Gasteiger partial charge on any atom is -0.0170 e. The van der Waals surface area contributed by atoms with Crippen molar-refractivity contribution in [3.8, 4) is 0 Å². The predicted octanol–water partition coefficient (Wildman–Crippen LogP) is 3.98. The van der Waals surface area contributed by atoms with Crippen LogP contribution >= 0.6 is 11.8 Å². The van der Waals surface area contributed by atoms with E-state index >= 15 is 0 Å². The zero-order chi connectivity index (χ0) is 8.81. The van der Waals surface area contributed by atoms with Crippen LogP contribution in [0.4, 0.5) is 0 Å². The standard InChI is InChI=1S/C11H16S/c1-3-12-9-8-10(2)11-6-4-5-7-11/h3-4,6,8-11H,1,5,7H2,2H3/b9-8-/t10-,11?/m0/s1. The molecule has 0 saturated heterocycles. The molecule has 0 aliphatic heterocycles. The molecule has 0 bridgehead atoms. The third-order valence-electron chi connectivity index (χ3n) is 2.28. The Balaban J connectivity index is 2.31. The van der Waals surface area contributed by atoms with Gasteiger partial charge in [-0.2, -0.15) is 0 Å². The summed E-state index contributed by atoms with van der Waals surface area (Å²) in [5.41, 5.74) is 0. The first-order valence-corrected chi connectivity index (χ1v) is 5.38. The van der Waals surface area contributed by atoms with Crippen molar-refractivity contribution in [2.24, 2.45) is 11.8 Å². The van der Waals surface area contributed by atoms with Crippen LogP contribution in [0.3, 0.4) is 0 Å². The smallest absolute Gasteiger partial charge is 0.0170 e. The van der Waals surface area contributed by atoms with Crippen molar-refractivity contribution in [3.05, 3.63) is 35.6 Å². The lowest BCUT2D eigenvalue weighted by molar-refractivity contribution is 0.503. The van der Waals surface area contributed by atoms with Crippen LogP contribution in [0, 0.1) is 11.8 Å². The van der Waals surface area contributed by atoms with E-state index in [4.69, 9.17) is 0 Å². The molecule has 1 heteroatoms. The van der Waals surface area contributed by atoms with Gasteiger partial charge in [0.2, 0.25) is 0 Å². The molecule has 0 saturated carbocycles. The highest BCUT2D eigenvalue weighted by Gasteiger charge is 2.13. The molecule has 1 aliphatic carbocycles. The molecule has 0 aromatic rings. The first-order chi connectivity index (χ1) is 5.84. The van der Waals surface area contributed by atoms with Crippen LogP contribution in [-0.2, 0) is 0 Å². The van der Waals surface area contributed by atoms with E-state index in [0.29, 0.717) is 5.92 Å². The number of thioether (sulfide) groups is 1. The number of hydrogen-bond donors (Lipinski definition) is 0. The number of hydrogen-bond acceptors (Lipinski definition) is 1. The van der Waals surface area contributed by atoms with E-state index in [1.165, 1.54) is 12.8 Å². The van der Waals surface area contributed by atoms with Crippen LogP contribution < -0.4 is 0 Å². The lowest BCUT2D eigenvalue weighted by atomic mass is 9.94. The van der Waals surface area contributed by atoms with Gasteiger partial charge in [-0.3, -0.25) is 0 Å². The summed E-state index contributed by atoms with van der Waals surface area (Å²) in [5.74, 6) is 1.45. The maximum absolute atomic E-state index is 3.65. The van der Waals surface area contributed by atoms with E-state index in [9.17, 15) is 0 Å². The van der Waals surface area contributed by atoms with Crippen LogP contribution in [0.1, 0.15) is 19.8 Å². The molecule has 0 aromatic carbocycles. The van der Waals surface area contributed by atoms with Crippen molar-refractivity contribution in [1.82, 2.24) is 0 Å². The molecule has 0 radical (unpaired) electrons. The van der Waals surface area contributed by atoms with E-state index in [-0.39, 0.29) is 0 Å². The van der Waals surface area contributed by atoms with Gasteiger partial charge in [-0.05, 0) is 35.5 Å². The molecular weight excluding hydrogens is 164 g/mol. The predicted molar refractivity (Wildman–Crippen MR) is 58.0 cm³/mol. The van der Waals surface area contributed by atoms with Crippen LogP contribution in [0.5, 0.6) is 0 Å². The highest BCUT2D eigenvalue weighted by atomic mass is 32.2. The highest BCUT2D eigenvalue weighted by molar-refractivity contribution is 8.04. The average molecular weight is 180 g/mol. The SMILES string of the molecule is C=CS/C=C\[C@H](C)C1C=CCC1. The molecule has 1 aliphatic rings. The summed E-state index contributed by atoms with van der Waals surface area (Å²) >= 11 is 1.65. The third-order valence-corrected chi connectivity index (χ3v) is 2.79. The second-order valence-corrected chi connectivity index (χ2v) is 4.04. The van der Waals surface area contributed by atoms with E-state index in [1.54, 1.807) is 11.8 Å². The summed E-state index contributed by atoms with van der Waals surface area (Å²) in [4.78, 5) is 0. The summed E-state index contributed by atoms with van der Waals surface area (Å²) in [6.45, 7) is 5.93. The van der Waals surface area contributed by atoms with Crippen molar-refractivity contribution in [3.63, 3.8) is 0 Å². The van der Waals surface area contributed by atoms with Gasteiger partial charge in [0.05, 0.1) is 0 Å². The Bertz CT molecular complexity index is 191. The Hall–Kier alpha value is -0.430. The molecule has 0 nitrogen and oxygen atoms in total. The lowest BCUT2D eigenvalue weighted by Gasteiger charge is -2.12. The Labute approximate surface area is 79.4 Å². The van der Waals surface area contributed by atoms with E-state index < -0.39 is 0 Å². The van der Waals surface area contributed by atoms with Gasteiger partial charge in [0.15, 0.2) is 0 Å². The fourth-order valence-corrected chi connectivity index (χ4v) is 1.91. The molecule has 0 N–H and O–H groups in total. The Morgan fingerprint density at radius 3 is 3.08 bits per heavy atom. The summed E-state index contributed by atoms with van der Waals surface area (Å²) < 4.78 is 0. The van der Waals surface area contributed by atoms with Gasteiger partial charge in [0.1, 0.15) is 0 Å². The average Bonchev–Trinajstić information content (AvgIpc) is 2.56. The summed E-state index contributed by atoms with van der Waals surface area (Å²) in [5, 5.41) is 3.98. The van der Waals surface area contributed by atoms with Gasteiger partial charge in [-0.15, -0.1) is 11.8 Å². The molecule has 0 amide bonds. The lowest BCUT2D eigenvalue weighted by Crippen LogP contribution is -2.02. The van der Waals surface area contributed by atoms with E-state index in [1.807, 2.05) is 5.41 Å². The minimum Gasteiger partial charge on any atom is -0.107 e. The van der Waals surface area contributed by atoms with E-state index in [2.05, 4.69) is 37.1 Å². The maximum atomic E-state index is 3.65. The van der Waals surface area contributed by atoms with Gasteiger partial charge in [0.25, 0.3) is 0 Å². The topological polar surface area (TPSA) is 0 Å². The van der Waals surface area contributed by atoms with Crippen LogP contribution in [0.25, 0.3) is 0 Å². The Morgan fingerprint density at radius 1 is 1.67 bits per heavy atom. The summed E-state index contributed by atoms with van der Waals surface area (Å²) in [7, 11) is 0. The van der Waals surface area contributed by atoms with Gasteiger partial charge >= 0.3 is 0 Å². The molecule has 0 heterocycles. The fraction of sp³-hybridized carbons (Fsp3) is 0.455. The normalized spacial score (nSPS) is 24.9. The van der Waals surface area contributed by atoms with Crippen LogP contribution in [-0.4, -0.2) is 0 Å². The minimum atomic E-state index is 0.677. The van der Waals surface area contributed by atoms with Crippen LogP contribution in [0.15, 0.2) is 35.6 Å². The molecular formula is C11H16S. The summed E-state index contributed by atoms with van der Waals surface area (Å²) in [6.07, 6.45) is 9.48. The quantitative estimate of drug-likeness (QED) is 0.590. The van der Waals surface area contributed by atoms with Crippen molar-refractivity contribution in [1.29, 1.82) is 0 Å². The largest absolute Gasteiger partial charge is 0.107 e. The van der Waals surface area contributed by atoms with Crippen molar-refractivity contribution < 1.29 is 0 Å². The minimum absolute atomic E-state index is 0.677. The highest BCUT2D eigenvalue weighted by Crippen LogP contribution is 2.26. The zero-order valence-corrected chi connectivity index (χ0v) is 8.39. The fourth-order valence-electron chi connectivity index (χ4n) is 1.46. The van der Waals surface area contributed by atoms with Gasteiger partial charge in [-0.1, -0.05) is 31.7 Å². The second-order valence-electron chi connectivity index (χ2n) is 3.16. The molecule has 2 atom stereocenters. The van der Waals surface area contributed by atoms with Crippen molar-refractivity contribution in [2.45, 2.75) is 19.8 Å². The first-order valence-electron chi connectivity index (χ1n) is 4.44. The van der Waals surface area contributed by atoms with Crippen LogP contribution in [0.2, 0.25) is 0 Å². The van der Waals surface area contributed by atoms with Crippen molar-refractivity contribution in [2.75, 3.05) is 0 Å². The Morgan fingerprint density at radius 2 is 2.50 bits per heavy atom. The molecule has 1 rings (SSSR count). The molecule has 1 unspecified atom stereocenters. The molecule has 0 spiro atoms. The first kappa shape index (κ1) is 9.66. The molecule has 12 heavy (non-hydrogen) atoms. The summed E-state index contributed by atoms with van der Waals surface area (Å²) in [6, 6.07) is 0. The molecule has 0 aromatic heterocycles. The third kappa shape index (κ3) is 2.90.